The maximum absolute atomic E-state index is 13.4. The van der Waals surface area contributed by atoms with Gasteiger partial charge in [-0.2, -0.15) is 4.98 Å². The van der Waals surface area contributed by atoms with E-state index in [0.717, 1.165) is 15.8 Å². The molecule has 7 nitrogen and oxygen atoms in total. The molecule has 0 fully saturated rings. The maximum atomic E-state index is 13.4. The van der Waals surface area contributed by atoms with E-state index in [9.17, 15) is 8.42 Å². The van der Waals surface area contributed by atoms with Crippen LogP contribution in [0.15, 0.2) is 91.6 Å². The molecule has 4 rings (SSSR count). The molecular formula is C24H21BrN2O5S. The summed E-state index contributed by atoms with van der Waals surface area (Å²) in [6.45, 7) is 0.337. The molecule has 0 aliphatic heterocycles. The smallest absolute Gasteiger partial charge is 0.234 e. The molecule has 1 heterocycles. The van der Waals surface area contributed by atoms with Gasteiger partial charge < -0.3 is 19.2 Å². The van der Waals surface area contributed by atoms with Crippen LogP contribution in [0.4, 0.5) is 5.88 Å². The van der Waals surface area contributed by atoms with E-state index in [1.54, 1.807) is 50.6 Å². The number of ether oxygens (including phenoxy) is 2. The zero-order valence-corrected chi connectivity index (χ0v) is 20.3. The third kappa shape index (κ3) is 5.04. The largest absolute Gasteiger partial charge is 0.497 e. The van der Waals surface area contributed by atoms with E-state index >= 15 is 0 Å². The molecule has 9 heteroatoms. The van der Waals surface area contributed by atoms with Crippen LogP contribution < -0.4 is 14.8 Å². The van der Waals surface area contributed by atoms with Crippen molar-refractivity contribution in [1.82, 2.24) is 4.98 Å². The fraction of sp³-hybridized carbons (Fsp3) is 0.125. The third-order valence-corrected chi connectivity index (χ3v) is 7.13. The Balaban J connectivity index is 1.71. The Morgan fingerprint density at radius 2 is 1.45 bits per heavy atom. The second-order valence-corrected chi connectivity index (χ2v) is 9.82. The van der Waals surface area contributed by atoms with Gasteiger partial charge in [-0.1, -0.05) is 28.1 Å². The number of hydrogen-bond donors (Lipinski definition) is 1. The van der Waals surface area contributed by atoms with Gasteiger partial charge in [-0.15, -0.1) is 0 Å². The van der Waals surface area contributed by atoms with Gasteiger partial charge in [0.05, 0.1) is 19.1 Å². The third-order valence-electron chi connectivity index (χ3n) is 4.92. The van der Waals surface area contributed by atoms with Gasteiger partial charge in [0.2, 0.25) is 26.6 Å². The van der Waals surface area contributed by atoms with Crippen molar-refractivity contribution in [3.63, 3.8) is 0 Å². The normalized spacial score (nSPS) is 11.2. The van der Waals surface area contributed by atoms with Crippen LogP contribution in [-0.4, -0.2) is 27.6 Å². The Hall–Kier alpha value is -3.30. The summed E-state index contributed by atoms with van der Waals surface area (Å²) in [7, 11) is -0.762. The average Bonchev–Trinajstić information content (AvgIpc) is 3.28. The molecule has 0 saturated carbocycles. The lowest BCUT2D eigenvalue weighted by Gasteiger charge is -2.07. The Morgan fingerprint density at radius 3 is 2.03 bits per heavy atom. The van der Waals surface area contributed by atoms with Crippen LogP contribution in [0.5, 0.6) is 11.5 Å². The second-order valence-electron chi connectivity index (χ2n) is 7.04. The highest BCUT2D eigenvalue weighted by Crippen LogP contribution is 2.33. The topological polar surface area (TPSA) is 90.7 Å². The number of methoxy groups -OCH3 is 2. The second kappa shape index (κ2) is 9.68. The molecule has 3 aromatic carbocycles. The Bertz CT molecular complexity index is 1330. The summed E-state index contributed by atoms with van der Waals surface area (Å²) in [4.78, 5) is 4.47. The molecule has 1 aromatic heterocycles. The van der Waals surface area contributed by atoms with E-state index < -0.39 is 9.84 Å². The van der Waals surface area contributed by atoms with E-state index in [4.69, 9.17) is 13.9 Å². The first kappa shape index (κ1) is 22.9. The molecule has 0 amide bonds. The maximum Gasteiger partial charge on any atom is 0.234 e. The van der Waals surface area contributed by atoms with Gasteiger partial charge in [0.1, 0.15) is 11.5 Å². The summed E-state index contributed by atoms with van der Waals surface area (Å²) in [5, 5.41) is 2.91. The summed E-state index contributed by atoms with van der Waals surface area (Å²) in [5.74, 6) is 1.66. The lowest BCUT2D eigenvalue weighted by molar-refractivity contribution is 0.414. The zero-order valence-electron chi connectivity index (χ0n) is 17.9. The minimum absolute atomic E-state index is 0.0690. The predicted octanol–water partition coefficient (Wildman–Crippen LogP) is 5.57. The highest BCUT2D eigenvalue weighted by molar-refractivity contribution is 9.10. The number of aromatic nitrogens is 1. The van der Waals surface area contributed by atoms with Crippen molar-refractivity contribution in [3.8, 4) is 23.0 Å². The molecule has 0 aliphatic carbocycles. The standard InChI is InChI=1S/C24H21BrN2O5S/c1-30-19-9-3-16(4-10-19)15-26-23-24(33(28,29)21-13-7-18(25)8-14-21)27-22(32-23)17-5-11-20(31-2)12-6-17/h3-14,26H,15H2,1-2H3. The van der Waals surface area contributed by atoms with Gasteiger partial charge in [0.25, 0.3) is 0 Å². The highest BCUT2D eigenvalue weighted by atomic mass is 79.9. The predicted molar refractivity (Wildman–Crippen MR) is 128 cm³/mol. The van der Waals surface area contributed by atoms with Crippen LogP contribution >= 0.6 is 15.9 Å². The number of benzene rings is 3. The molecule has 0 spiro atoms. The van der Waals surface area contributed by atoms with Crippen molar-refractivity contribution < 1.29 is 22.3 Å². The molecule has 170 valence electrons. The van der Waals surface area contributed by atoms with Crippen LogP contribution in [0, 0.1) is 0 Å². The van der Waals surface area contributed by atoms with Crippen molar-refractivity contribution in [1.29, 1.82) is 0 Å². The van der Waals surface area contributed by atoms with Crippen LogP contribution in [-0.2, 0) is 16.4 Å². The number of hydrogen-bond acceptors (Lipinski definition) is 7. The Kier molecular flexibility index (Phi) is 6.71. The van der Waals surface area contributed by atoms with Crippen molar-refractivity contribution in [2.75, 3.05) is 19.5 Å². The van der Waals surface area contributed by atoms with Crippen LogP contribution in [0.25, 0.3) is 11.5 Å². The fourth-order valence-electron chi connectivity index (χ4n) is 3.11. The first-order chi connectivity index (χ1) is 15.9. The van der Waals surface area contributed by atoms with Crippen molar-refractivity contribution in [3.05, 3.63) is 82.8 Å². The van der Waals surface area contributed by atoms with Gasteiger partial charge in [-0.25, -0.2) is 8.42 Å². The SMILES string of the molecule is COc1ccc(CNc2oc(-c3ccc(OC)cc3)nc2S(=O)(=O)c2ccc(Br)cc2)cc1. The lowest BCUT2D eigenvalue weighted by atomic mass is 10.2. The molecule has 33 heavy (non-hydrogen) atoms. The van der Waals surface area contributed by atoms with Crippen molar-refractivity contribution in [2.24, 2.45) is 0 Å². The molecule has 0 atom stereocenters. The Morgan fingerprint density at radius 1 is 0.879 bits per heavy atom. The molecule has 0 radical (unpaired) electrons. The average molecular weight is 529 g/mol. The molecule has 0 bridgehead atoms. The van der Waals surface area contributed by atoms with Gasteiger partial charge >= 0.3 is 0 Å². The number of oxazole rings is 1. The summed E-state index contributed by atoms with van der Waals surface area (Å²) in [6, 6.07) is 20.8. The van der Waals surface area contributed by atoms with E-state index in [1.807, 2.05) is 24.3 Å². The minimum atomic E-state index is -3.93. The van der Waals surface area contributed by atoms with E-state index in [0.29, 0.717) is 17.9 Å². The number of nitrogens with zero attached hydrogens (tertiary/aromatic N) is 1. The molecular weight excluding hydrogens is 508 g/mol. The summed E-state index contributed by atoms with van der Waals surface area (Å²) >= 11 is 3.33. The molecule has 0 saturated heterocycles. The van der Waals surface area contributed by atoms with Gasteiger partial charge in [-0.05, 0) is 66.2 Å². The fourth-order valence-corrected chi connectivity index (χ4v) is 4.65. The van der Waals surface area contributed by atoms with E-state index in [1.165, 1.54) is 12.1 Å². The summed E-state index contributed by atoms with van der Waals surface area (Å²) in [6.07, 6.45) is 0. The summed E-state index contributed by atoms with van der Waals surface area (Å²) in [5.41, 5.74) is 1.55. The zero-order chi connectivity index (χ0) is 23.4. The van der Waals surface area contributed by atoms with Crippen LogP contribution in [0.1, 0.15) is 5.56 Å². The monoisotopic (exact) mass is 528 g/mol. The first-order valence-corrected chi connectivity index (χ1v) is 12.2. The van der Waals surface area contributed by atoms with Gasteiger partial charge in [0, 0.05) is 16.6 Å². The van der Waals surface area contributed by atoms with Crippen LogP contribution in [0.2, 0.25) is 0 Å². The number of rotatable bonds is 8. The molecule has 0 unspecified atom stereocenters. The van der Waals surface area contributed by atoms with Gasteiger partial charge in [-0.3, -0.25) is 0 Å². The first-order valence-electron chi connectivity index (χ1n) is 9.93. The number of halogens is 1. The highest BCUT2D eigenvalue weighted by Gasteiger charge is 2.28. The lowest BCUT2D eigenvalue weighted by Crippen LogP contribution is -2.07. The van der Waals surface area contributed by atoms with Gasteiger partial charge in [0.15, 0.2) is 0 Å². The van der Waals surface area contributed by atoms with E-state index in [2.05, 4.69) is 26.2 Å². The molecule has 4 aromatic rings. The van der Waals surface area contributed by atoms with Crippen LogP contribution in [0.3, 0.4) is 0 Å². The van der Waals surface area contributed by atoms with Crippen molar-refractivity contribution in [2.45, 2.75) is 16.5 Å². The number of sulfone groups is 1. The molecule has 0 aliphatic rings. The minimum Gasteiger partial charge on any atom is -0.497 e. The quantitative estimate of drug-likeness (QED) is 0.319. The Labute approximate surface area is 200 Å². The number of nitrogens with one attached hydrogen (secondary N) is 1. The van der Waals surface area contributed by atoms with E-state index in [-0.39, 0.29) is 21.7 Å². The van der Waals surface area contributed by atoms with Crippen molar-refractivity contribution >= 4 is 31.7 Å². The molecule has 1 N–H and O–H groups in total. The summed E-state index contributed by atoms with van der Waals surface area (Å²) < 4.78 is 43.8. The number of anilines is 1.